The van der Waals surface area contributed by atoms with E-state index in [0.717, 1.165) is 22.5 Å². The quantitative estimate of drug-likeness (QED) is 0.489. The van der Waals surface area contributed by atoms with E-state index in [1.165, 1.54) is 31.3 Å². The first-order chi connectivity index (χ1) is 16.1. The lowest BCUT2D eigenvalue weighted by Crippen LogP contribution is -2.51. The molecule has 0 aromatic heterocycles. The molecule has 0 aliphatic rings. The SMILES string of the molecule is CCCNC(=O)[C@H](C)N(Cc1ccccc1)C(=O)CN(c1ccc(OC)c(OC)c1)S(C)(=O)=O. The van der Waals surface area contributed by atoms with Crippen LogP contribution in [-0.4, -0.2) is 64.7 Å². The van der Waals surface area contributed by atoms with Gasteiger partial charge in [-0.25, -0.2) is 8.42 Å². The molecule has 2 aromatic rings. The van der Waals surface area contributed by atoms with Crippen molar-refractivity contribution in [3.63, 3.8) is 0 Å². The van der Waals surface area contributed by atoms with Crippen molar-refractivity contribution in [2.24, 2.45) is 0 Å². The number of nitrogens with one attached hydrogen (secondary N) is 1. The summed E-state index contributed by atoms with van der Waals surface area (Å²) in [5, 5.41) is 2.80. The van der Waals surface area contributed by atoms with Gasteiger partial charge in [0.1, 0.15) is 12.6 Å². The van der Waals surface area contributed by atoms with Gasteiger partial charge in [0.15, 0.2) is 11.5 Å². The molecule has 34 heavy (non-hydrogen) atoms. The Hall–Kier alpha value is -3.27. The van der Waals surface area contributed by atoms with Crippen LogP contribution in [0.3, 0.4) is 0 Å². The van der Waals surface area contributed by atoms with Crippen LogP contribution in [0.1, 0.15) is 25.8 Å². The fourth-order valence-electron chi connectivity index (χ4n) is 3.35. The Bertz CT molecular complexity index is 1080. The molecule has 0 bridgehead atoms. The number of benzene rings is 2. The number of nitrogens with zero attached hydrogens (tertiary/aromatic N) is 2. The molecule has 10 heteroatoms. The summed E-state index contributed by atoms with van der Waals surface area (Å²) >= 11 is 0. The molecule has 0 heterocycles. The molecular formula is C24H33N3O6S. The second-order valence-corrected chi connectivity index (χ2v) is 9.69. The Morgan fingerprint density at radius 3 is 2.24 bits per heavy atom. The Morgan fingerprint density at radius 1 is 1.03 bits per heavy atom. The number of carbonyl (C=O) groups is 2. The number of methoxy groups -OCH3 is 2. The molecule has 0 aliphatic heterocycles. The molecule has 9 nitrogen and oxygen atoms in total. The average Bonchev–Trinajstić information content (AvgIpc) is 2.83. The van der Waals surface area contributed by atoms with Gasteiger partial charge in [0.05, 0.1) is 26.2 Å². The van der Waals surface area contributed by atoms with Crippen molar-refractivity contribution >= 4 is 27.5 Å². The number of ether oxygens (including phenoxy) is 2. The third kappa shape index (κ3) is 7.11. The van der Waals surface area contributed by atoms with Crippen molar-refractivity contribution < 1.29 is 27.5 Å². The van der Waals surface area contributed by atoms with Gasteiger partial charge in [-0.3, -0.25) is 13.9 Å². The lowest BCUT2D eigenvalue weighted by Gasteiger charge is -2.31. The Balaban J connectivity index is 2.39. The number of sulfonamides is 1. The van der Waals surface area contributed by atoms with Gasteiger partial charge < -0.3 is 19.7 Å². The van der Waals surface area contributed by atoms with Crippen molar-refractivity contribution in [1.82, 2.24) is 10.2 Å². The molecule has 1 atom stereocenters. The predicted octanol–water partition coefficient (Wildman–Crippen LogP) is 2.41. The first kappa shape index (κ1) is 27.0. The number of rotatable bonds is 12. The summed E-state index contributed by atoms with van der Waals surface area (Å²) in [6, 6.07) is 13.0. The summed E-state index contributed by atoms with van der Waals surface area (Å²) in [7, 11) is -0.921. The third-order valence-corrected chi connectivity index (χ3v) is 6.39. The van der Waals surface area contributed by atoms with Gasteiger partial charge in [0.2, 0.25) is 21.8 Å². The van der Waals surface area contributed by atoms with Crippen LogP contribution in [0.15, 0.2) is 48.5 Å². The smallest absolute Gasteiger partial charge is 0.244 e. The standard InChI is InChI=1S/C24H33N3O6S/c1-6-14-25-24(29)18(2)26(16-19-10-8-7-9-11-19)23(28)17-27(34(5,30)31)20-12-13-21(32-3)22(15-20)33-4/h7-13,15,18H,6,14,16-17H2,1-5H3,(H,25,29)/t18-/m0/s1. The minimum absolute atomic E-state index is 0.157. The van der Waals surface area contributed by atoms with Crippen molar-refractivity contribution in [1.29, 1.82) is 0 Å². The van der Waals surface area contributed by atoms with E-state index < -0.39 is 28.5 Å². The van der Waals surface area contributed by atoms with Crippen LogP contribution in [0.2, 0.25) is 0 Å². The van der Waals surface area contributed by atoms with E-state index in [1.807, 2.05) is 37.3 Å². The highest BCUT2D eigenvalue weighted by molar-refractivity contribution is 7.92. The maximum Gasteiger partial charge on any atom is 0.244 e. The minimum Gasteiger partial charge on any atom is -0.493 e. The zero-order chi connectivity index (χ0) is 25.3. The molecule has 2 aromatic carbocycles. The van der Waals surface area contributed by atoms with Crippen molar-refractivity contribution in [2.75, 3.05) is 37.9 Å². The van der Waals surface area contributed by atoms with E-state index in [2.05, 4.69) is 5.32 Å². The number of anilines is 1. The van der Waals surface area contributed by atoms with Gasteiger partial charge in [0.25, 0.3) is 0 Å². The highest BCUT2D eigenvalue weighted by Crippen LogP contribution is 2.32. The van der Waals surface area contributed by atoms with E-state index >= 15 is 0 Å². The lowest BCUT2D eigenvalue weighted by atomic mass is 10.1. The summed E-state index contributed by atoms with van der Waals surface area (Å²) in [6.45, 7) is 3.73. The number of carbonyl (C=O) groups excluding carboxylic acids is 2. The first-order valence-corrected chi connectivity index (χ1v) is 12.8. The molecule has 2 rings (SSSR count). The first-order valence-electron chi connectivity index (χ1n) is 10.9. The summed E-state index contributed by atoms with van der Waals surface area (Å²) in [5.41, 5.74) is 1.07. The summed E-state index contributed by atoms with van der Waals surface area (Å²) < 4.78 is 36.8. The molecule has 186 valence electrons. The van der Waals surface area contributed by atoms with E-state index in [4.69, 9.17) is 9.47 Å². The minimum atomic E-state index is -3.84. The van der Waals surface area contributed by atoms with Gasteiger partial charge in [-0.15, -0.1) is 0 Å². The molecule has 0 aliphatic carbocycles. The summed E-state index contributed by atoms with van der Waals surface area (Å²) in [4.78, 5) is 27.5. The summed E-state index contributed by atoms with van der Waals surface area (Å²) in [6.07, 6.45) is 1.78. The highest BCUT2D eigenvalue weighted by Gasteiger charge is 2.30. The van der Waals surface area contributed by atoms with Gasteiger partial charge in [-0.2, -0.15) is 0 Å². The molecule has 1 N–H and O–H groups in total. The maximum atomic E-state index is 13.5. The Morgan fingerprint density at radius 2 is 1.68 bits per heavy atom. The number of hydrogen-bond acceptors (Lipinski definition) is 6. The van der Waals surface area contributed by atoms with Crippen LogP contribution < -0.4 is 19.1 Å². The van der Waals surface area contributed by atoms with Crippen LogP contribution >= 0.6 is 0 Å². The zero-order valence-corrected chi connectivity index (χ0v) is 21.1. The molecule has 0 fully saturated rings. The van der Waals surface area contributed by atoms with E-state index in [-0.39, 0.29) is 18.1 Å². The van der Waals surface area contributed by atoms with Crippen molar-refractivity contribution in [2.45, 2.75) is 32.9 Å². The molecule has 0 saturated heterocycles. The normalized spacial score (nSPS) is 11.9. The van der Waals surface area contributed by atoms with Crippen LogP contribution in [-0.2, 0) is 26.2 Å². The molecular weight excluding hydrogens is 458 g/mol. The van der Waals surface area contributed by atoms with E-state index in [1.54, 1.807) is 13.0 Å². The number of hydrogen-bond donors (Lipinski definition) is 1. The molecule has 0 spiro atoms. The fourth-order valence-corrected chi connectivity index (χ4v) is 4.19. The molecule has 0 saturated carbocycles. The van der Waals surface area contributed by atoms with Gasteiger partial charge in [0, 0.05) is 19.2 Å². The second-order valence-electron chi connectivity index (χ2n) is 7.78. The van der Waals surface area contributed by atoms with E-state index in [9.17, 15) is 18.0 Å². The molecule has 0 radical (unpaired) electrons. The number of amides is 2. The van der Waals surface area contributed by atoms with Crippen molar-refractivity contribution in [3.05, 3.63) is 54.1 Å². The second kappa shape index (κ2) is 12.3. The van der Waals surface area contributed by atoms with Crippen LogP contribution in [0, 0.1) is 0 Å². The monoisotopic (exact) mass is 491 g/mol. The lowest BCUT2D eigenvalue weighted by molar-refractivity contribution is -0.139. The largest absolute Gasteiger partial charge is 0.493 e. The Labute approximate surface area is 201 Å². The van der Waals surface area contributed by atoms with Crippen LogP contribution in [0.4, 0.5) is 5.69 Å². The van der Waals surface area contributed by atoms with Crippen molar-refractivity contribution in [3.8, 4) is 11.5 Å². The fraction of sp³-hybridized carbons (Fsp3) is 0.417. The Kier molecular flexibility index (Phi) is 9.73. The summed E-state index contributed by atoms with van der Waals surface area (Å²) in [5.74, 6) is -0.0566. The third-order valence-electron chi connectivity index (χ3n) is 5.25. The topological polar surface area (TPSA) is 105 Å². The maximum absolute atomic E-state index is 13.5. The van der Waals surface area contributed by atoms with Gasteiger partial charge in [-0.1, -0.05) is 37.3 Å². The molecule has 0 unspecified atom stereocenters. The van der Waals surface area contributed by atoms with Crippen LogP contribution in [0.25, 0.3) is 0 Å². The van der Waals surface area contributed by atoms with E-state index in [0.29, 0.717) is 18.0 Å². The average molecular weight is 492 g/mol. The van der Waals surface area contributed by atoms with Gasteiger partial charge in [-0.05, 0) is 31.0 Å². The zero-order valence-electron chi connectivity index (χ0n) is 20.3. The highest BCUT2D eigenvalue weighted by atomic mass is 32.2. The van der Waals surface area contributed by atoms with Gasteiger partial charge >= 0.3 is 0 Å². The predicted molar refractivity (Wildman–Crippen MR) is 131 cm³/mol. The molecule has 2 amide bonds. The van der Waals surface area contributed by atoms with Crippen LogP contribution in [0.5, 0.6) is 11.5 Å².